The lowest BCUT2D eigenvalue weighted by Crippen LogP contribution is -2.40. The summed E-state index contributed by atoms with van der Waals surface area (Å²) in [5, 5.41) is 0. The topological polar surface area (TPSA) is 69.0 Å². The van der Waals surface area contributed by atoms with Gasteiger partial charge in [-0.25, -0.2) is 0 Å². The number of esters is 1. The van der Waals surface area contributed by atoms with Crippen LogP contribution in [-0.2, 0) is 25.6 Å². The molecule has 3 aliphatic heterocycles. The molecule has 0 N–H and O–H groups in total. The van der Waals surface area contributed by atoms with Crippen LogP contribution in [0.1, 0.15) is 19.6 Å². The molecule has 4 atom stereocenters. The van der Waals surface area contributed by atoms with Crippen LogP contribution in [0.25, 0.3) is 0 Å². The molecule has 1 spiro atoms. The van der Waals surface area contributed by atoms with Gasteiger partial charge in [0.2, 0.25) is 5.91 Å². The van der Waals surface area contributed by atoms with Crippen molar-refractivity contribution in [2.24, 2.45) is 11.8 Å². The molecule has 3 aliphatic rings. The van der Waals surface area contributed by atoms with Crippen molar-refractivity contribution in [3.8, 4) is 0 Å². The summed E-state index contributed by atoms with van der Waals surface area (Å²) in [6, 6.07) is 3.62. The van der Waals surface area contributed by atoms with Crippen molar-refractivity contribution >= 4 is 11.9 Å². The molecule has 1 aromatic heterocycles. The van der Waals surface area contributed by atoms with Gasteiger partial charge in [0.15, 0.2) is 0 Å². The van der Waals surface area contributed by atoms with Gasteiger partial charge in [0.25, 0.3) is 0 Å². The number of fused-ring (bicyclic) bond motifs is 1. The van der Waals surface area contributed by atoms with E-state index >= 15 is 0 Å². The highest BCUT2D eigenvalue weighted by atomic mass is 16.6. The molecule has 2 saturated heterocycles. The van der Waals surface area contributed by atoms with Gasteiger partial charge in [-0.3, -0.25) is 9.59 Å². The van der Waals surface area contributed by atoms with Gasteiger partial charge in [0, 0.05) is 0 Å². The van der Waals surface area contributed by atoms with Gasteiger partial charge < -0.3 is 18.8 Å². The second-order valence-electron chi connectivity index (χ2n) is 6.66. The summed E-state index contributed by atoms with van der Waals surface area (Å²) >= 11 is 0. The van der Waals surface area contributed by atoms with Gasteiger partial charge in [0.1, 0.15) is 17.3 Å². The number of nitrogens with zero attached hydrogens (tertiary/aromatic N) is 1. The maximum Gasteiger partial charge on any atom is 0.313 e. The molecule has 6 heteroatoms. The highest BCUT2D eigenvalue weighted by molar-refractivity contribution is 5.91. The van der Waals surface area contributed by atoms with Gasteiger partial charge in [-0.2, -0.15) is 0 Å². The largest absolute Gasteiger partial charge is 0.467 e. The number of furan rings is 1. The smallest absolute Gasteiger partial charge is 0.313 e. The van der Waals surface area contributed by atoms with Crippen LogP contribution in [0.4, 0.5) is 0 Å². The zero-order valence-corrected chi connectivity index (χ0v) is 13.1. The highest BCUT2D eigenvalue weighted by Crippen LogP contribution is 2.52. The lowest BCUT2D eigenvalue weighted by molar-refractivity contribution is -0.157. The van der Waals surface area contributed by atoms with E-state index in [-0.39, 0.29) is 24.1 Å². The Bertz CT molecular complexity index is 665. The second-order valence-corrected chi connectivity index (χ2v) is 6.66. The third kappa shape index (κ3) is 2.12. The number of carbonyl (C=O) groups is 2. The predicted octanol–water partition coefficient (Wildman–Crippen LogP) is 1.51. The summed E-state index contributed by atoms with van der Waals surface area (Å²) in [7, 11) is 0. The standard InChI is InChI=1S/C17H19NO5/c1-10(2)22-16(20)13-12-5-6-17(23-12)9-18(15(19)14(13)17)8-11-4-3-7-21-11/h3-7,10,12-14H,8-9H2,1-2H3/t12-,13+,14-,17+/m0/s1. The number of rotatable bonds is 4. The highest BCUT2D eigenvalue weighted by Gasteiger charge is 2.67. The summed E-state index contributed by atoms with van der Waals surface area (Å²) in [4.78, 5) is 27.0. The summed E-state index contributed by atoms with van der Waals surface area (Å²) in [6.45, 7) is 4.43. The van der Waals surface area contributed by atoms with Crippen LogP contribution in [0, 0.1) is 11.8 Å². The van der Waals surface area contributed by atoms with E-state index < -0.39 is 17.4 Å². The number of hydrogen-bond acceptors (Lipinski definition) is 5. The Morgan fingerprint density at radius 3 is 3.04 bits per heavy atom. The molecule has 2 fully saturated rings. The Balaban J connectivity index is 1.59. The van der Waals surface area contributed by atoms with E-state index in [1.165, 1.54) is 0 Å². The monoisotopic (exact) mass is 317 g/mol. The average molecular weight is 317 g/mol. The van der Waals surface area contributed by atoms with Crippen molar-refractivity contribution in [2.75, 3.05) is 6.54 Å². The SMILES string of the molecule is CC(C)OC(=O)[C@@H]1[C@@H]2C=C[C@]3(CN(Cc4ccco4)C(=O)[C@H]13)O2. The van der Waals surface area contributed by atoms with Crippen molar-refractivity contribution in [1.29, 1.82) is 0 Å². The van der Waals surface area contributed by atoms with Crippen LogP contribution in [0.2, 0.25) is 0 Å². The van der Waals surface area contributed by atoms with Crippen molar-refractivity contribution < 1.29 is 23.5 Å². The number of hydrogen-bond donors (Lipinski definition) is 0. The Kier molecular flexibility index (Phi) is 3.13. The fourth-order valence-electron chi connectivity index (χ4n) is 3.88. The number of amides is 1. The van der Waals surface area contributed by atoms with Crippen LogP contribution < -0.4 is 0 Å². The van der Waals surface area contributed by atoms with E-state index in [0.29, 0.717) is 13.1 Å². The van der Waals surface area contributed by atoms with Gasteiger partial charge in [0.05, 0.1) is 37.5 Å². The fraction of sp³-hybridized carbons (Fsp3) is 0.529. The van der Waals surface area contributed by atoms with E-state index in [4.69, 9.17) is 13.9 Å². The van der Waals surface area contributed by atoms with E-state index in [0.717, 1.165) is 5.76 Å². The lowest BCUT2D eigenvalue weighted by atomic mass is 9.77. The minimum absolute atomic E-state index is 0.0704. The normalized spacial score (nSPS) is 34.5. The van der Waals surface area contributed by atoms with E-state index in [9.17, 15) is 9.59 Å². The molecular formula is C17H19NO5. The van der Waals surface area contributed by atoms with Crippen LogP contribution in [-0.4, -0.2) is 41.1 Å². The average Bonchev–Trinajstić information content (AvgIpc) is 3.21. The zero-order chi connectivity index (χ0) is 16.2. The summed E-state index contributed by atoms with van der Waals surface area (Å²) in [6.07, 6.45) is 4.83. The maximum absolute atomic E-state index is 12.9. The van der Waals surface area contributed by atoms with Crippen LogP contribution in [0.5, 0.6) is 0 Å². The molecule has 23 heavy (non-hydrogen) atoms. The van der Waals surface area contributed by atoms with Crippen LogP contribution in [0.3, 0.4) is 0 Å². The Labute approximate surface area is 134 Å². The molecule has 1 amide bonds. The number of likely N-dealkylation sites (tertiary alicyclic amines) is 1. The summed E-state index contributed by atoms with van der Waals surface area (Å²) < 4.78 is 16.7. The summed E-state index contributed by atoms with van der Waals surface area (Å²) in [5.41, 5.74) is -0.699. The molecule has 0 radical (unpaired) electrons. The number of carbonyl (C=O) groups excluding carboxylic acids is 2. The molecule has 0 aliphatic carbocycles. The quantitative estimate of drug-likeness (QED) is 0.622. The molecule has 0 aromatic carbocycles. The first-order valence-electron chi connectivity index (χ1n) is 7.89. The first kappa shape index (κ1) is 14.5. The molecule has 1 aromatic rings. The molecule has 2 bridgehead atoms. The predicted molar refractivity (Wildman–Crippen MR) is 79.1 cm³/mol. The van der Waals surface area contributed by atoms with Crippen molar-refractivity contribution in [3.63, 3.8) is 0 Å². The third-order valence-corrected chi connectivity index (χ3v) is 4.73. The molecular weight excluding hydrogens is 298 g/mol. The zero-order valence-electron chi connectivity index (χ0n) is 13.1. The van der Waals surface area contributed by atoms with E-state index in [1.54, 1.807) is 31.1 Å². The van der Waals surface area contributed by atoms with Gasteiger partial charge in [-0.1, -0.05) is 12.2 Å². The van der Waals surface area contributed by atoms with Gasteiger partial charge in [-0.15, -0.1) is 0 Å². The first-order chi connectivity index (χ1) is 11.0. The second kappa shape index (κ2) is 4.96. The molecule has 4 rings (SSSR count). The Morgan fingerprint density at radius 1 is 1.52 bits per heavy atom. The summed E-state index contributed by atoms with van der Waals surface area (Å²) in [5.74, 6) is -0.766. The van der Waals surface area contributed by atoms with Crippen molar-refractivity contribution in [2.45, 2.75) is 38.2 Å². The molecule has 122 valence electrons. The van der Waals surface area contributed by atoms with Crippen molar-refractivity contribution in [1.82, 2.24) is 4.90 Å². The molecule has 0 saturated carbocycles. The maximum atomic E-state index is 12.9. The van der Waals surface area contributed by atoms with Crippen LogP contribution in [0.15, 0.2) is 35.0 Å². The lowest BCUT2D eigenvalue weighted by Gasteiger charge is -2.23. The molecule has 0 unspecified atom stereocenters. The Morgan fingerprint density at radius 2 is 2.35 bits per heavy atom. The Hall–Kier alpha value is -2.08. The first-order valence-corrected chi connectivity index (χ1v) is 7.89. The fourth-order valence-corrected chi connectivity index (χ4v) is 3.88. The van der Waals surface area contributed by atoms with Gasteiger partial charge in [-0.05, 0) is 26.0 Å². The molecule has 4 heterocycles. The number of ether oxygens (including phenoxy) is 2. The minimum atomic E-state index is -0.699. The third-order valence-electron chi connectivity index (χ3n) is 4.73. The van der Waals surface area contributed by atoms with Crippen LogP contribution >= 0.6 is 0 Å². The van der Waals surface area contributed by atoms with Crippen molar-refractivity contribution in [3.05, 3.63) is 36.3 Å². The molecule has 6 nitrogen and oxygen atoms in total. The van der Waals surface area contributed by atoms with Gasteiger partial charge >= 0.3 is 5.97 Å². The van der Waals surface area contributed by atoms with E-state index in [1.807, 2.05) is 18.2 Å². The minimum Gasteiger partial charge on any atom is -0.467 e. The van der Waals surface area contributed by atoms with E-state index in [2.05, 4.69) is 0 Å².